The summed E-state index contributed by atoms with van der Waals surface area (Å²) in [5, 5.41) is 20.2. The molecule has 0 bridgehead atoms. The van der Waals surface area contributed by atoms with Crippen LogP contribution in [0.4, 0.5) is 11.4 Å². The van der Waals surface area contributed by atoms with Gasteiger partial charge in [-0.25, -0.2) is 0 Å². The zero-order chi connectivity index (χ0) is 14.7. The first-order valence-electron chi connectivity index (χ1n) is 6.25. The Balaban J connectivity index is 2.20. The molecule has 1 amide bonds. The van der Waals surface area contributed by atoms with Crippen LogP contribution in [-0.2, 0) is 0 Å². The predicted molar refractivity (Wildman–Crippen MR) is 72.1 cm³/mol. The number of carbonyl (C=O) groups excluding carboxylic acids is 1. The van der Waals surface area contributed by atoms with Gasteiger partial charge >= 0.3 is 0 Å². The second-order valence-electron chi connectivity index (χ2n) is 4.66. The molecular weight excluding hydrogens is 264 g/mol. The second kappa shape index (κ2) is 5.85. The van der Waals surface area contributed by atoms with Crippen molar-refractivity contribution in [2.75, 3.05) is 18.5 Å². The molecule has 108 valence electrons. The number of aliphatic hydroxyl groups is 1. The van der Waals surface area contributed by atoms with E-state index in [0.29, 0.717) is 31.5 Å². The number of hydrogen-bond donors (Lipinski definition) is 3. The van der Waals surface area contributed by atoms with Gasteiger partial charge in [0, 0.05) is 24.7 Å². The molecule has 8 nitrogen and oxygen atoms in total. The van der Waals surface area contributed by atoms with Gasteiger partial charge in [-0.1, -0.05) is 0 Å². The molecule has 2 rings (SSSR count). The van der Waals surface area contributed by atoms with Crippen LogP contribution in [0.25, 0.3) is 0 Å². The predicted octanol–water partition coefficient (Wildman–Crippen LogP) is 0.477. The first-order valence-corrected chi connectivity index (χ1v) is 6.25. The molecule has 1 fully saturated rings. The van der Waals surface area contributed by atoms with Gasteiger partial charge in [0.2, 0.25) is 0 Å². The highest BCUT2D eigenvalue weighted by molar-refractivity contribution is 5.96. The number of hydrazine groups is 1. The maximum Gasteiger partial charge on any atom is 0.293 e. The van der Waals surface area contributed by atoms with Gasteiger partial charge in [-0.05, 0) is 25.0 Å². The van der Waals surface area contributed by atoms with Crippen molar-refractivity contribution in [2.24, 2.45) is 5.84 Å². The fourth-order valence-electron chi connectivity index (χ4n) is 2.20. The Bertz CT molecular complexity index is 526. The molecule has 0 radical (unpaired) electrons. The summed E-state index contributed by atoms with van der Waals surface area (Å²) in [5.41, 5.74) is 2.48. The summed E-state index contributed by atoms with van der Waals surface area (Å²) in [7, 11) is 0. The Morgan fingerprint density at radius 1 is 1.45 bits per heavy atom. The number of benzene rings is 1. The number of nitrogens with one attached hydrogen (secondary N) is 1. The Morgan fingerprint density at radius 3 is 2.65 bits per heavy atom. The zero-order valence-electron chi connectivity index (χ0n) is 10.8. The fourth-order valence-corrected chi connectivity index (χ4v) is 2.20. The highest BCUT2D eigenvalue weighted by Gasteiger charge is 2.24. The molecule has 20 heavy (non-hydrogen) atoms. The number of nitrogens with two attached hydrogens (primary N) is 1. The van der Waals surface area contributed by atoms with E-state index in [1.807, 2.05) is 0 Å². The van der Waals surface area contributed by atoms with E-state index in [9.17, 15) is 20.0 Å². The van der Waals surface area contributed by atoms with Crippen LogP contribution in [0.2, 0.25) is 0 Å². The van der Waals surface area contributed by atoms with Crippen LogP contribution in [-0.4, -0.2) is 40.0 Å². The highest BCUT2D eigenvalue weighted by atomic mass is 16.6. The molecule has 1 heterocycles. The van der Waals surface area contributed by atoms with E-state index in [2.05, 4.69) is 5.43 Å². The summed E-state index contributed by atoms with van der Waals surface area (Å²) in [6, 6.07) is 4.03. The van der Waals surface area contributed by atoms with E-state index in [1.54, 1.807) is 4.90 Å². The van der Waals surface area contributed by atoms with Crippen LogP contribution in [0.5, 0.6) is 0 Å². The lowest BCUT2D eigenvalue weighted by Crippen LogP contribution is -2.40. The average Bonchev–Trinajstić information content (AvgIpc) is 2.46. The first kappa shape index (κ1) is 14.2. The number of anilines is 1. The molecule has 0 unspecified atom stereocenters. The zero-order valence-corrected chi connectivity index (χ0v) is 10.8. The average molecular weight is 280 g/mol. The largest absolute Gasteiger partial charge is 0.393 e. The van der Waals surface area contributed by atoms with Crippen molar-refractivity contribution in [1.82, 2.24) is 4.90 Å². The van der Waals surface area contributed by atoms with Crippen LogP contribution in [0.3, 0.4) is 0 Å². The minimum absolute atomic E-state index is 0.0953. The Hall–Kier alpha value is -2.19. The van der Waals surface area contributed by atoms with Crippen molar-refractivity contribution in [3.63, 3.8) is 0 Å². The van der Waals surface area contributed by atoms with E-state index in [1.165, 1.54) is 18.2 Å². The maximum atomic E-state index is 12.3. The van der Waals surface area contributed by atoms with Crippen molar-refractivity contribution in [1.29, 1.82) is 0 Å². The molecule has 0 saturated carbocycles. The second-order valence-corrected chi connectivity index (χ2v) is 4.66. The number of nitrogen functional groups attached to an aromatic ring is 1. The number of amides is 1. The van der Waals surface area contributed by atoms with Gasteiger partial charge in [0.25, 0.3) is 11.6 Å². The molecule has 0 aromatic heterocycles. The molecule has 1 saturated heterocycles. The van der Waals surface area contributed by atoms with Crippen LogP contribution >= 0.6 is 0 Å². The third-order valence-corrected chi connectivity index (χ3v) is 3.35. The lowest BCUT2D eigenvalue weighted by molar-refractivity contribution is -0.384. The molecule has 8 heteroatoms. The SMILES string of the molecule is NNc1cc(C(=O)N2CCC(O)CC2)ccc1[N+](=O)[O-]. The molecule has 1 aliphatic rings. The summed E-state index contributed by atoms with van der Waals surface area (Å²) >= 11 is 0. The van der Waals surface area contributed by atoms with Crippen LogP contribution in [0.1, 0.15) is 23.2 Å². The third-order valence-electron chi connectivity index (χ3n) is 3.35. The monoisotopic (exact) mass is 280 g/mol. The summed E-state index contributed by atoms with van der Waals surface area (Å²) in [4.78, 5) is 24.1. The topological polar surface area (TPSA) is 122 Å². The number of nitro benzene ring substituents is 1. The lowest BCUT2D eigenvalue weighted by Gasteiger charge is -2.29. The van der Waals surface area contributed by atoms with E-state index in [4.69, 9.17) is 5.84 Å². The third kappa shape index (κ3) is 2.86. The van der Waals surface area contributed by atoms with Crippen LogP contribution in [0.15, 0.2) is 18.2 Å². The van der Waals surface area contributed by atoms with Crippen molar-refractivity contribution < 1.29 is 14.8 Å². The molecule has 1 aliphatic heterocycles. The molecule has 1 aromatic rings. The summed E-state index contributed by atoms with van der Waals surface area (Å²) < 4.78 is 0. The van der Waals surface area contributed by atoms with Gasteiger partial charge in [0.05, 0.1) is 11.0 Å². The van der Waals surface area contributed by atoms with Crippen LogP contribution in [0, 0.1) is 10.1 Å². The summed E-state index contributed by atoms with van der Waals surface area (Å²) in [5.74, 6) is 5.02. The smallest absolute Gasteiger partial charge is 0.293 e. The van der Waals surface area contributed by atoms with Crippen molar-refractivity contribution in [2.45, 2.75) is 18.9 Å². The van der Waals surface area contributed by atoms with Gasteiger partial charge in [0.1, 0.15) is 5.69 Å². The van der Waals surface area contributed by atoms with Crippen LogP contribution < -0.4 is 11.3 Å². The molecule has 0 aliphatic carbocycles. The van der Waals surface area contributed by atoms with Crippen molar-refractivity contribution in [3.8, 4) is 0 Å². The van der Waals surface area contributed by atoms with E-state index in [-0.39, 0.29) is 23.4 Å². The highest BCUT2D eigenvalue weighted by Crippen LogP contribution is 2.25. The lowest BCUT2D eigenvalue weighted by atomic mass is 10.1. The first-order chi connectivity index (χ1) is 9.52. The maximum absolute atomic E-state index is 12.3. The number of carbonyl (C=O) groups is 1. The van der Waals surface area contributed by atoms with E-state index in [0.717, 1.165) is 0 Å². The quantitative estimate of drug-likeness (QED) is 0.420. The molecular formula is C12H16N4O4. The standard InChI is InChI=1S/C12H16N4O4/c13-14-10-7-8(1-2-11(10)16(19)20)12(18)15-5-3-9(17)4-6-15/h1-2,7,9,14,17H,3-6,13H2. The normalized spacial score (nSPS) is 16.0. The molecule has 0 atom stereocenters. The summed E-state index contributed by atoms with van der Waals surface area (Å²) in [6.45, 7) is 0.949. The number of nitro groups is 1. The Morgan fingerprint density at radius 2 is 2.10 bits per heavy atom. The molecule has 1 aromatic carbocycles. The van der Waals surface area contributed by atoms with E-state index < -0.39 is 4.92 Å². The number of aliphatic hydroxyl groups excluding tert-OH is 1. The van der Waals surface area contributed by atoms with Gasteiger partial charge in [-0.15, -0.1) is 0 Å². The Labute approximate surface area is 115 Å². The van der Waals surface area contributed by atoms with E-state index >= 15 is 0 Å². The minimum Gasteiger partial charge on any atom is -0.393 e. The van der Waals surface area contributed by atoms with Crippen molar-refractivity contribution in [3.05, 3.63) is 33.9 Å². The van der Waals surface area contributed by atoms with Gasteiger partial charge in [0.15, 0.2) is 0 Å². The number of likely N-dealkylation sites (tertiary alicyclic amines) is 1. The Kier molecular flexibility index (Phi) is 4.16. The molecule has 4 N–H and O–H groups in total. The van der Waals surface area contributed by atoms with Crippen molar-refractivity contribution >= 4 is 17.3 Å². The number of nitrogens with zero attached hydrogens (tertiary/aromatic N) is 2. The minimum atomic E-state index is -0.569. The number of piperidine rings is 1. The summed E-state index contributed by atoms with van der Waals surface area (Å²) in [6.07, 6.45) is 0.721. The molecule has 0 spiro atoms. The fraction of sp³-hybridized carbons (Fsp3) is 0.417. The van der Waals surface area contributed by atoms with Gasteiger partial charge in [-0.3, -0.25) is 20.8 Å². The van der Waals surface area contributed by atoms with Gasteiger partial charge < -0.3 is 15.4 Å². The van der Waals surface area contributed by atoms with Gasteiger partial charge in [-0.2, -0.15) is 0 Å². The number of hydrogen-bond acceptors (Lipinski definition) is 6. The number of rotatable bonds is 3.